The van der Waals surface area contributed by atoms with E-state index in [-0.39, 0.29) is 56.7 Å². The zero-order valence-corrected chi connectivity index (χ0v) is 41.3. The largest absolute Gasteiger partial charge is 0.392 e. The number of rotatable bonds is 10. The first-order valence-corrected chi connectivity index (χ1v) is 23.1. The van der Waals surface area contributed by atoms with Crippen LogP contribution in [0.2, 0.25) is 0 Å². The van der Waals surface area contributed by atoms with Gasteiger partial charge < -0.3 is 39.9 Å². The molecule has 3 aliphatic rings. The number of ether oxygens (including phenoxy) is 4. The van der Waals surface area contributed by atoms with Crippen LogP contribution in [-0.2, 0) is 18.9 Å². The van der Waals surface area contributed by atoms with Crippen LogP contribution in [0.5, 0.6) is 0 Å². The van der Waals surface area contributed by atoms with Crippen LogP contribution < -0.4 is 5.73 Å². The molecular formula is C52H68F3N13O6. The maximum atomic E-state index is 13.5. The first-order valence-electron chi connectivity index (χ1n) is 23.1. The summed E-state index contributed by atoms with van der Waals surface area (Å²) < 4.78 is 65.6. The number of allylic oxidation sites excluding steroid dienone is 1. The number of hydrogen-bond acceptors (Lipinski definition) is 16. The molecule has 398 valence electrons. The fraction of sp³-hybridized carbons (Fsp3) is 0.519. The lowest BCUT2D eigenvalue weighted by molar-refractivity contribution is -0.154. The van der Waals surface area contributed by atoms with Gasteiger partial charge in [-0.1, -0.05) is 66.4 Å². The fourth-order valence-electron chi connectivity index (χ4n) is 8.45. The molecule has 19 nitrogen and oxygen atoms in total. The van der Waals surface area contributed by atoms with Crippen molar-refractivity contribution in [3.63, 3.8) is 0 Å². The van der Waals surface area contributed by atoms with Crippen LogP contribution in [0, 0.1) is 93.3 Å². The van der Waals surface area contributed by atoms with Crippen LogP contribution in [-0.4, -0.2) is 112 Å². The number of H-pyrrole nitrogens is 1. The van der Waals surface area contributed by atoms with Gasteiger partial charge in [0, 0.05) is 24.7 Å². The normalized spacial score (nSPS) is 25.4. The van der Waals surface area contributed by atoms with E-state index in [1.807, 2.05) is 13.0 Å². The monoisotopic (exact) mass is 1030 g/mol. The number of hydrogen-bond donors (Lipinski definition) is 4. The summed E-state index contributed by atoms with van der Waals surface area (Å²) in [5.41, 5.74) is 6.60. The Morgan fingerprint density at radius 1 is 0.797 bits per heavy atom. The number of nitrogen functional groups attached to an aromatic ring is 1. The van der Waals surface area contributed by atoms with Crippen LogP contribution in [0.25, 0.3) is 33.5 Å². The molecule has 0 aromatic carbocycles. The minimum absolute atomic E-state index is 0. The van der Waals surface area contributed by atoms with Crippen molar-refractivity contribution in [2.75, 3.05) is 18.9 Å². The highest BCUT2D eigenvalue weighted by molar-refractivity contribution is 5.81. The number of nitrogens with one attached hydrogen (secondary N) is 1. The van der Waals surface area contributed by atoms with Gasteiger partial charge in [0.15, 0.2) is 40.2 Å². The Bertz CT molecular complexity index is 2870. The van der Waals surface area contributed by atoms with Gasteiger partial charge >= 0.3 is 18.2 Å². The van der Waals surface area contributed by atoms with Crippen molar-refractivity contribution >= 4 is 39.3 Å². The van der Waals surface area contributed by atoms with Crippen molar-refractivity contribution in [3.05, 3.63) is 61.3 Å². The third-order valence-corrected chi connectivity index (χ3v) is 12.6. The Morgan fingerprint density at radius 3 is 1.85 bits per heavy atom. The van der Waals surface area contributed by atoms with Crippen molar-refractivity contribution in [2.45, 2.75) is 150 Å². The maximum Gasteiger partial charge on any atom is 0.312 e. The van der Waals surface area contributed by atoms with Crippen molar-refractivity contribution < 1.29 is 42.3 Å². The number of imidazole rings is 3. The molecule has 0 spiro atoms. The molecule has 0 amide bonds. The summed E-state index contributed by atoms with van der Waals surface area (Å²) in [6.45, 7) is 17.2. The van der Waals surface area contributed by atoms with Gasteiger partial charge in [0.2, 0.25) is 0 Å². The van der Waals surface area contributed by atoms with Crippen LogP contribution in [0.15, 0.2) is 31.6 Å². The number of anilines is 1. The summed E-state index contributed by atoms with van der Waals surface area (Å²) in [7, 11) is 0. The Balaban J connectivity index is 0.000000259. The van der Waals surface area contributed by atoms with Crippen LogP contribution in [0.1, 0.15) is 118 Å². The number of terminal acetylenes is 4. The molecule has 6 aromatic heterocycles. The molecule has 9 heterocycles. The maximum absolute atomic E-state index is 13.5. The van der Waals surface area contributed by atoms with Crippen molar-refractivity contribution in [1.29, 1.82) is 0 Å². The molecule has 6 aromatic rings. The average Bonchev–Trinajstić information content (AvgIpc) is 4.22. The zero-order valence-electron chi connectivity index (χ0n) is 41.3. The number of aromatic amines is 1. The van der Waals surface area contributed by atoms with E-state index in [1.54, 1.807) is 31.7 Å². The summed E-state index contributed by atoms with van der Waals surface area (Å²) in [4.78, 5) is 36.4. The highest BCUT2D eigenvalue weighted by atomic mass is 19.1. The average molecular weight is 1030 g/mol. The van der Waals surface area contributed by atoms with E-state index in [9.17, 15) is 23.4 Å². The SMILES string of the molecule is C.C.C#CC.C#C[C@]1(CC)OC(OCCCC=C)C[C@@H]1C.C#C[C@]1(CC)O[C@@H](n2cnc3c(C)nc(F)nc32)C[C@@H]1C.C#C[C@]1(CO)O[C@@H](n2cnc3c(N)nc(F)nc32)C[C@@H]1O.Cc1nc(F)nc2nc[nH]c12. The second-order valence-electron chi connectivity index (χ2n) is 17.1. The number of unbranched alkanes of at least 4 members (excludes halogenated alkanes) is 1. The van der Waals surface area contributed by atoms with E-state index in [2.05, 4.69) is 107 Å². The molecule has 1 unspecified atom stereocenters. The molecule has 22 heteroatoms. The lowest BCUT2D eigenvalue weighted by Crippen LogP contribution is -2.41. The van der Waals surface area contributed by atoms with E-state index in [4.69, 9.17) is 44.0 Å². The molecule has 3 fully saturated rings. The first kappa shape index (κ1) is 61.3. The summed E-state index contributed by atoms with van der Waals surface area (Å²) in [5, 5.41) is 19.3. The van der Waals surface area contributed by atoms with Crippen molar-refractivity contribution in [1.82, 2.24) is 59.0 Å². The standard InChI is InChI=1S/C15H17FN4O.C14H22O2.C12H12FN5O3.C6H5FN4.C3H4.2CH4/c1-5-15(6-2)9(3)7-11(21-15)20-8-17-12-10(4)18-14(16)19-13(12)20;1-5-8-9-10-15-13-11-12(4)14(6-2,7-3)16-13;1-2-12(4-19)6(20)3-7(21-12)18-5-15-8-9(14)16-11(13)17-10(8)18;1-3-4-5(9-2-8-4)11-6(7)10-3;1-3-2;;/h1,8-9,11H,6-7H2,2-4H3;2,5,12-13H,1,7-11H2,3-4H3;1,5-7,19-20H,3-4H2,(H2,14,16,17);2H,1H3,(H,8,9,10,11);1H,2H3;2*1H4/t9-,11+,15+;12-,13?,14+;6-,7+,12+;;;;/m000..../s1. The zero-order chi connectivity index (χ0) is 53.0. The number of aliphatic hydroxyl groups excluding tert-OH is 2. The third kappa shape index (κ3) is 13.2. The number of nitrogens with zero attached hydrogens (tertiary/aromatic N) is 11. The van der Waals surface area contributed by atoms with Gasteiger partial charge in [0.1, 0.15) is 40.8 Å². The van der Waals surface area contributed by atoms with E-state index in [0.29, 0.717) is 46.2 Å². The van der Waals surface area contributed by atoms with Gasteiger partial charge in [-0.25, -0.2) is 24.9 Å². The molecule has 0 bridgehead atoms. The molecule has 0 aliphatic carbocycles. The van der Waals surface area contributed by atoms with Crippen LogP contribution in [0.3, 0.4) is 0 Å². The number of nitrogens with two attached hydrogens (primary N) is 1. The summed E-state index contributed by atoms with van der Waals surface area (Å²) in [6.07, 6.45) is 28.0. The molecular weight excluding hydrogens is 960 g/mol. The molecule has 74 heavy (non-hydrogen) atoms. The second-order valence-corrected chi connectivity index (χ2v) is 17.1. The number of fused-ring (bicyclic) bond motifs is 3. The lowest BCUT2D eigenvalue weighted by Gasteiger charge is -2.25. The van der Waals surface area contributed by atoms with Crippen molar-refractivity contribution in [2.24, 2.45) is 11.8 Å². The lowest BCUT2D eigenvalue weighted by atomic mass is 9.87. The second kappa shape index (κ2) is 26.8. The number of aliphatic hydroxyl groups is 2. The Kier molecular flexibility index (Phi) is 22.2. The number of halogens is 3. The summed E-state index contributed by atoms with van der Waals surface area (Å²) in [6, 6.07) is 0. The highest BCUT2D eigenvalue weighted by Crippen LogP contribution is 2.44. The molecule has 9 rings (SSSR count). The van der Waals surface area contributed by atoms with Crippen LogP contribution in [0.4, 0.5) is 19.0 Å². The quantitative estimate of drug-likeness (QED) is 0.0445. The number of aromatic nitrogens is 12. The van der Waals surface area contributed by atoms with Gasteiger partial charge in [-0.2, -0.15) is 33.1 Å². The molecule has 5 N–H and O–H groups in total. The Labute approximate surface area is 430 Å². The van der Waals surface area contributed by atoms with Crippen LogP contribution >= 0.6 is 0 Å². The van der Waals surface area contributed by atoms with Gasteiger partial charge in [0.25, 0.3) is 0 Å². The Morgan fingerprint density at radius 2 is 1.31 bits per heavy atom. The highest BCUT2D eigenvalue weighted by Gasteiger charge is 2.48. The molecule has 3 saturated heterocycles. The fourth-order valence-corrected chi connectivity index (χ4v) is 8.45. The topological polar surface area (TPSA) is 245 Å². The Hall–Kier alpha value is -7.02. The van der Waals surface area contributed by atoms with Crippen molar-refractivity contribution in [3.8, 4) is 49.4 Å². The van der Waals surface area contributed by atoms with Gasteiger partial charge in [-0.3, -0.25) is 9.13 Å². The van der Waals surface area contributed by atoms with E-state index >= 15 is 0 Å². The van der Waals surface area contributed by atoms with E-state index < -0.39 is 54.0 Å². The first-order chi connectivity index (χ1) is 34.4. The molecule has 0 saturated carbocycles. The minimum Gasteiger partial charge on any atom is -0.392 e. The van der Waals surface area contributed by atoms with E-state index in [1.165, 1.54) is 17.2 Å². The summed E-state index contributed by atoms with van der Waals surface area (Å²) in [5.74, 6) is 10.6. The van der Waals surface area contributed by atoms with Gasteiger partial charge in [-0.05, 0) is 52.9 Å². The molecule has 3 aliphatic heterocycles. The van der Waals surface area contributed by atoms with Gasteiger partial charge in [0.05, 0.1) is 43.6 Å². The van der Waals surface area contributed by atoms with Gasteiger partial charge in [-0.15, -0.1) is 38.2 Å². The molecule has 9 atom stereocenters. The smallest absolute Gasteiger partial charge is 0.312 e. The molecule has 0 radical (unpaired) electrons. The predicted octanol–water partition coefficient (Wildman–Crippen LogP) is 7.65. The van der Waals surface area contributed by atoms with E-state index in [0.717, 1.165) is 38.5 Å². The third-order valence-electron chi connectivity index (χ3n) is 12.6. The minimum atomic E-state index is -1.50. The number of aryl methyl sites for hydroxylation is 2. The predicted molar refractivity (Wildman–Crippen MR) is 275 cm³/mol. The summed E-state index contributed by atoms with van der Waals surface area (Å²) >= 11 is 0.